The zero-order valence-electron chi connectivity index (χ0n) is 15.7. The lowest BCUT2D eigenvalue weighted by Gasteiger charge is -2.19. The third-order valence-electron chi connectivity index (χ3n) is 3.92. The highest BCUT2D eigenvalue weighted by atomic mass is 16.1. The zero-order chi connectivity index (χ0) is 19.8. The molecule has 0 aliphatic heterocycles. The van der Waals surface area contributed by atoms with Gasteiger partial charge < -0.3 is 16.0 Å². The van der Waals surface area contributed by atoms with Crippen LogP contribution in [0.15, 0.2) is 54.5 Å². The molecule has 0 aliphatic carbocycles. The van der Waals surface area contributed by atoms with Gasteiger partial charge in [0.05, 0.1) is 11.1 Å². The third kappa shape index (κ3) is 4.78. The van der Waals surface area contributed by atoms with Crippen molar-refractivity contribution < 1.29 is 4.79 Å². The summed E-state index contributed by atoms with van der Waals surface area (Å²) >= 11 is 0. The normalized spacial score (nSPS) is 12.4. The summed E-state index contributed by atoms with van der Waals surface area (Å²) in [6.45, 7) is 4.08. The molecule has 7 heteroatoms. The first-order valence-electron chi connectivity index (χ1n) is 8.60. The smallest absolute Gasteiger partial charge is 0.261 e. The summed E-state index contributed by atoms with van der Waals surface area (Å²) in [6.07, 6.45) is 10.7. The molecule has 1 heterocycles. The molecule has 0 atom stereocenters. The van der Waals surface area contributed by atoms with E-state index in [1.165, 1.54) is 0 Å². The van der Waals surface area contributed by atoms with Crippen LogP contribution in [0.3, 0.4) is 0 Å². The average Bonchev–Trinajstić information content (AvgIpc) is 2.67. The molecule has 1 aromatic carbocycles. The molecule has 1 aromatic heterocycles. The van der Waals surface area contributed by atoms with E-state index in [2.05, 4.69) is 33.2 Å². The van der Waals surface area contributed by atoms with Crippen molar-refractivity contribution in [2.75, 3.05) is 12.4 Å². The SMILES string of the molecule is C/C=C(/c1ccc2cnc(NC(=O)/C(C=N)=C/N)nc2c1)N(C)/C=C/CC. The number of amides is 1. The molecule has 0 aliphatic rings. The van der Waals surface area contributed by atoms with Crippen LogP contribution < -0.4 is 11.1 Å². The van der Waals surface area contributed by atoms with Crippen LogP contribution in [-0.4, -0.2) is 34.0 Å². The summed E-state index contributed by atoms with van der Waals surface area (Å²) in [4.78, 5) is 22.6. The van der Waals surface area contributed by atoms with E-state index in [0.717, 1.165) is 35.5 Å². The molecule has 0 unspecified atom stereocenters. The predicted octanol–water partition coefficient (Wildman–Crippen LogP) is 3.28. The number of carbonyl (C=O) groups excluding carboxylic acids is 1. The first-order valence-corrected chi connectivity index (χ1v) is 8.60. The second-order valence-electron chi connectivity index (χ2n) is 5.77. The molecule has 4 N–H and O–H groups in total. The first-order chi connectivity index (χ1) is 13.0. The topological polar surface area (TPSA) is 108 Å². The van der Waals surface area contributed by atoms with Gasteiger partial charge in [-0.3, -0.25) is 10.1 Å². The Kier molecular flexibility index (Phi) is 6.82. The van der Waals surface area contributed by atoms with Crippen LogP contribution >= 0.6 is 0 Å². The summed E-state index contributed by atoms with van der Waals surface area (Å²) in [5.41, 5.74) is 8.12. The number of nitrogens with zero attached hydrogens (tertiary/aromatic N) is 3. The summed E-state index contributed by atoms with van der Waals surface area (Å²) in [6, 6.07) is 5.91. The maximum atomic E-state index is 12.0. The van der Waals surface area contributed by atoms with Crippen molar-refractivity contribution in [1.82, 2.24) is 14.9 Å². The third-order valence-corrected chi connectivity index (χ3v) is 3.92. The molecule has 0 fully saturated rings. The van der Waals surface area contributed by atoms with Crippen LogP contribution in [-0.2, 0) is 4.79 Å². The van der Waals surface area contributed by atoms with Gasteiger partial charge in [0.2, 0.25) is 5.95 Å². The van der Waals surface area contributed by atoms with Gasteiger partial charge in [-0.1, -0.05) is 31.2 Å². The number of hydrogen-bond acceptors (Lipinski definition) is 6. The monoisotopic (exact) mass is 364 g/mol. The van der Waals surface area contributed by atoms with Crippen molar-refractivity contribution in [2.24, 2.45) is 5.73 Å². The van der Waals surface area contributed by atoms with Gasteiger partial charge in [0.1, 0.15) is 0 Å². The number of fused-ring (bicyclic) bond motifs is 1. The van der Waals surface area contributed by atoms with Gasteiger partial charge in [0.15, 0.2) is 0 Å². The lowest BCUT2D eigenvalue weighted by molar-refractivity contribution is -0.112. The first kappa shape index (κ1) is 19.8. The average molecular weight is 364 g/mol. The van der Waals surface area contributed by atoms with E-state index in [9.17, 15) is 4.79 Å². The Balaban J connectivity index is 2.36. The maximum Gasteiger partial charge on any atom is 0.261 e. The minimum Gasteiger partial charge on any atom is -0.404 e. The highest BCUT2D eigenvalue weighted by Gasteiger charge is 2.10. The Morgan fingerprint density at radius 1 is 1.41 bits per heavy atom. The quantitative estimate of drug-likeness (QED) is 0.516. The lowest BCUT2D eigenvalue weighted by Crippen LogP contribution is -2.18. The highest BCUT2D eigenvalue weighted by Crippen LogP contribution is 2.23. The van der Waals surface area contributed by atoms with Crippen LogP contribution in [0, 0.1) is 5.41 Å². The van der Waals surface area contributed by atoms with E-state index in [4.69, 9.17) is 11.1 Å². The van der Waals surface area contributed by atoms with Crippen LogP contribution in [0.5, 0.6) is 0 Å². The standard InChI is InChI=1S/C20H24N6O/c1-4-6-9-26(3)18(5-2)14-7-8-15-13-23-20(24-17(15)10-14)25-19(27)16(11-21)12-22/h5-13,21H,4,22H2,1-3H3,(H,23,24,25,27)/b9-6+,16-12+,18-5-,21-11?. The number of anilines is 1. The predicted molar refractivity (Wildman–Crippen MR) is 110 cm³/mol. The molecule has 27 heavy (non-hydrogen) atoms. The number of benzene rings is 1. The molecule has 7 nitrogen and oxygen atoms in total. The number of nitrogens with two attached hydrogens (primary N) is 1. The Morgan fingerprint density at radius 2 is 2.19 bits per heavy atom. The fourth-order valence-electron chi connectivity index (χ4n) is 2.52. The van der Waals surface area contributed by atoms with Crippen molar-refractivity contribution in [3.05, 3.63) is 60.1 Å². The number of rotatable bonds is 7. The molecule has 0 bridgehead atoms. The summed E-state index contributed by atoms with van der Waals surface area (Å²) in [5.74, 6) is -0.367. The van der Waals surface area contributed by atoms with E-state index in [-0.39, 0.29) is 11.5 Å². The van der Waals surface area contributed by atoms with Crippen LogP contribution in [0.4, 0.5) is 5.95 Å². The number of aromatic nitrogens is 2. The van der Waals surface area contributed by atoms with Gasteiger partial charge in [-0.05, 0) is 31.2 Å². The van der Waals surface area contributed by atoms with Gasteiger partial charge in [-0.2, -0.15) is 0 Å². The number of carbonyl (C=O) groups is 1. The van der Waals surface area contributed by atoms with Crippen molar-refractivity contribution in [1.29, 1.82) is 5.41 Å². The Hall–Kier alpha value is -3.48. The molecule has 1 amide bonds. The van der Waals surface area contributed by atoms with Gasteiger partial charge in [-0.25, -0.2) is 9.97 Å². The molecule has 0 saturated carbocycles. The number of nitrogens with one attached hydrogen (secondary N) is 2. The van der Waals surface area contributed by atoms with E-state index < -0.39 is 5.91 Å². The molecular weight excluding hydrogens is 340 g/mol. The largest absolute Gasteiger partial charge is 0.404 e. The van der Waals surface area contributed by atoms with Crippen LogP contribution in [0.25, 0.3) is 16.6 Å². The van der Waals surface area contributed by atoms with E-state index in [1.54, 1.807) is 6.20 Å². The molecular formula is C20H24N6O. The second kappa shape index (κ2) is 9.28. The van der Waals surface area contributed by atoms with E-state index in [1.807, 2.05) is 44.4 Å². The number of allylic oxidation sites excluding steroid dienone is 2. The molecule has 2 aromatic rings. The highest BCUT2D eigenvalue weighted by molar-refractivity contribution is 6.16. The van der Waals surface area contributed by atoms with Gasteiger partial charge >= 0.3 is 0 Å². The molecule has 140 valence electrons. The van der Waals surface area contributed by atoms with Crippen molar-refractivity contribution >= 4 is 34.7 Å². The van der Waals surface area contributed by atoms with E-state index >= 15 is 0 Å². The van der Waals surface area contributed by atoms with Gasteiger partial charge in [0, 0.05) is 36.7 Å². The fourth-order valence-corrected chi connectivity index (χ4v) is 2.52. The minimum atomic E-state index is -0.526. The van der Waals surface area contributed by atoms with Gasteiger partial charge in [-0.15, -0.1) is 0 Å². The van der Waals surface area contributed by atoms with Crippen LogP contribution in [0.1, 0.15) is 25.8 Å². The Bertz CT molecular complexity index is 929. The van der Waals surface area contributed by atoms with E-state index in [0.29, 0.717) is 5.52 Å². The molecule has 0 saturated heterocycles. The lowest BCUT2D eigenvalue weighted by atomic mass is 10.1. The summed E-state index contributed by atoms with van der Waals surface area (Å²) in [5, 5.41) is 10.6. The minimum absolute atomic E-state index is 0.0352. The Labute approximate surface area is 158 Å². The zero-order valence-corrected chi connectivity index (χ0v) is 15.7. The fraction of sp³-hybridized carbons (Fsp3) is 0.200. The van der Waals surface area contributed by atoms with Crippen molar-refractivity contribution in [2.45, 2.75) is 20.3 Å². The van der Waals surface area contributed by atoms with Gasteiger partial charge in [0.25, 0.3) is 5.91 Å². The molecule has 2 rings (SSSR count). The maximum absolute atomic E-state index is 12.0. The summed E-state index contributed by atoms with van der Waals surface area (Å²) in [7, 11) is 2.00. The summed E-state index contributed by atoms with van der Waals surface area (Å²) < 4.78 is 0. The second-order valence-corrected chi connectivity index (χ2v) is 5.77. The molecule has 0 radical (unpaired) electrons. The Morgan fingerprint density at radius 3 is 2.81 bits per heavy atom. The van der Waals surface area contributed by atoms with Crippen molar-refractivity contribution in [3.63, 3.8) is 0 Å². The van der Waals surface area contributed by atoms with Crippen LogP contribution in [0.2, 0.25) is 0 Å². The number of hydrogen-bond donors (Lipinski definition) is 3. The molecule has 0 spiro atoms. The van der Waals surface area contributed by atoms with Crippen molar-refractivity contribution in [3.8, 4) is 0 Å².